The molecule has 0 aliphatic heterocycles. The molecule has 0 aliphatic carbocycles. The van der Waals surface area contributed by atoms with Gasteiger partial charge in [-0.05, 0) is 18.6 Å². The molecule has 0 aliphatic rings. The predicted molar refractivity (Wildman–Crippen MR) is 76.1 cm³/mol. The summed E-state index contributed by atoms with van der Waals surface area (Å²) in [6, 6.07) is 7.53. The van der Waals surface area contributed by atoms with Gasteiger partial charge in [-0.2, -0.15) is 4.31 Å². The van der Waals surface area contributed by atoms with Crippen LogP contribution in [0.3, 0.4) is 0 Å². The van der Waals surface area contributed by atoms with Gasteiger partial charge in [0.15, 0.2) is 5.03 Å². The number of aromatic amines is 1. The molecule has 0 bridgehead atoms. The van der Waals surface area contributed by atoms with E-state index in [4.69, 9.17) is 0 Å². The molecule has 5 nitrogen and oxygen atoms in total. The number of halogens is 1. The first-order chi connectivity index (χ1) is 8.91. The standard InChI is InChI=1S/C12H14BrN3O2S/c1-9-14-7-12(15-9)19(17,18)16(2)8-10-5-3-4-6-11(10)13/h3-7H,8H2,1-2H3,(H,14,15). The van der Waals surface area contributed by atoms with Gasteiger partial charge in [0.2, 0.25) is 0 Å². The Labute approximate surface area is 120 Å². The second-order valence-corrected chi connectivity index (χ2v) is 7.05. The maximum Gasteiger partial charge on any atom is 0.260 e. The maximum absolute atomic E-state index is 12.3. The Hall–Kier alpha value is -1.18. The smallest absolute Gasteiger partial charge is 0.260 e. The number of rotatable bonds is 4. The van der Waals surface area contributed by atoms with Crippen LogP contribution in [-0.2, 0) is 16.6 Å². The minimum Gasteiger partial charge on any atom is -0.332 e. The van der Waals surface area contributed by atoms with E-state index in [0.717, 1.165) is 10.0 Å². The van der Waals surface area contributed by atoms with Crippen LogP contribution in [0.25, 0.3) is 0 Å². The van der Waals surface area contributed by atoms with Crippen LogP contribution in [0.4, 0.5) is 0 Å². The molecular formula is C12H14BrN3O2S. The van der Waals surface area contributed by atoms with Gasteiger partial charge in [0.25, 0.3) is 10.0 Å². The monoisotopic (exact) mass is 343 g/mol. The fraction of sp³-hybridized carbons (Fsp3) is 0.250. The van der Waals surface area contributed by atoms with Crippen molar-refractivity contribution in [3.63, 3.8) is 0 Å². The van der Waals surface area contributed by atoms with E-state index in [-0.39, 0.29) is 5.03 Å². The number of benzene rings is 1. The summed E-state index contributed by atoms with van der Waals surface area (Å²) < 4.78 is 26.8. The number of imidazole rings is 1. The zero-order valence-electron chi connectivity index (χ0n) is 10.6. The van der Waals surface area contributed by atoms with Gasteiger partial charge >= 0.3 is 0 Å². The van der Waals surface area contributed by atoms with Gasteiger partial charge in [0.1, 0.15) is 5.82 Å². The number of hydrogen-bond acceptors (Lipinski definition) is 3. The van der Waals surface area contributed by atoms with Gasteiger partial charge in [-0.3, -0.25) is 0 Å². The number of aryl methyl sites for hydroxylation is 1. The number of sulfonamides is 1. The van der Waals surface area contributed by atoms with Crippen molar-refractivity contribution in [1.82, 2.24) is 14.3 Å². The average Bonchev–Trinajstić information content (AvgIpc) is 2.79. The van der Waals surface area contributed by atoms with Crippen molar-refractivity contribution in [2.75, 3.05) is 7.05 Å². The van der Waals surface area contributed by atoms with E-state index in [1.807, 2.05) is 24.3 Å². The van der Waals surface area contributed by atoms with Crippen LogP contribution in [0, 0.1) is 6.92 Å². The molecule has 1 heterocycles. The van der Waals surface area contributed by atoms with Gasteiger partial charge in [0.05, 0.1) is 6.20 Å². The van der Waals surface area contributed by atoms with Gasteiger partial charge in [-0.1, -0.05) is 34.1 Å². The second kappa shape index (κ2) is 5.44. The van der Waals surface area contributed by atoms with Crippen LogP contribution in [0.5, 0.6) is 0 Å². The van der Waals surface area contributed by atoms with Crippen molar-refractivity contribution in [2.45, 2.75) is 18.5 Å². The van der Waals surface area contributed by atoms with Crippen LogP contribution >= 0.6 is 15.9 Å². The predicted octanol–water partition coefficient (Wildman–Crippen LogP) is 2.30. The molecule has 0 saturated carbocycles. The second-order valence-electron chi connectivity index (χ2n) is 4.19. The first kappa shape index (κ1) is 14.2. The van der Waals surface area contributed by atoms with Gasteiger partial charge < -0.3 is 4.98 Å². The van der Waals surface area contributed by atoms with Gasteiger partial charge in [-0.25, -0.2) is 13.4 Å². The molecule has 102 valence electrons. The lowest BCUT2D eigenvalue weighted by Gasteiger charge is -2.16. The quantitative estimate of drug-likeness (QED) is 0.926. The molecule has 0 unspecified atom stereocenters. The molecule has 2 rings (SSSR count). The Bertz CT molecular complexity index is 682. The van der Waals surface area contributed by atoms with E-state index >= 15 is 0 Å². The van der Waals surface area contributed by atoms with Crippen LogP contribution in [0.2, 0.25) is 0 Å². The first-order valence-electron chi connectivity index (χ1n) is 5.62. The fourth-order valence-corrected chi connectivity index (χ4v) is 3.17. The minimum atomic E-state index is -3.54. The molecule has 1 N–H and O–H groups in total. The molecule has 0 spiro atoms. The molecule has 1 aromatic carbocycles. The summed E-state index contributed by atoms with van der Waals surface area (Å²) in [5.74, 6) is 0.577. The summed E-state index contributed by atoms with van der Waals surface area (Å²) in [6.07, 6.45) is 1.33. The highest BCUT2D eigenvalue weighted by Gasteiger charge is 2.23. The van der Waals surface area contributed by atoms with Crippen LogP contribution in [0.15, 0.2) is 40.0 Å². The Morgan fingerprint density at radius 3 is 2.63 bits per heavy atom. The summed E-state index contributed by atoms with van der Waals surface area (Å²) >= 11 is 3.41. The molecular weight excluding hydrogens is 330 g/mol. The summed E-state index contributed by atoms with van der Waals surface area (Å²) in [4.78, 5) is 6.66. The van der Waals surface area contributed by atoms with Crippen molar-refractivity contribution in [3.8, 4) is 0 Å². The first-order valence-corrected chi connectivity index (χ1v) is 7.86. The number of nitrogens with zero attached hydrogens (tertiary/aromatic N) is 2. The lowest BCUT2D eigenvalue weighted by atomic mass is 10.2. The van der Waals surface area contributed by atoms with E-state index in [1.165, 1.54) is 10.5 Å². The van der Waals surface area contributed by atoms with Crippen molar-refractivity contribution in [2.24, 2.45) is 0 Å². The lowest BCUT2D eigenvalue weighted by Crippen LogP contribution is -2.27. The van der Waals surface area contributed by atoms with Crippen molar-refractivity contribution < 1.29 is 8.42 Å². The Balaban J connectivity index is 2.25. The average molecular weight is 344 g/mol. The topological polar surface area (TPSA) is 66.1 Å². The minimum absolute atomic E-state index is 0.111. The third-order valence-electron chi connectivity index (χ3n) is 2.72. The van der Waals surface area contributed by atoms with E-state index in [9.17, 15) is 8.42 Å². The molecule has 19 heavy (non-hydrogen) atoms. The van der Waals surface area contributed by atoms with Crippen LogP contribution in [-0.4, -0.2) is 29.7 Å². The number of aromatic nitrogens is 2. The highest BCUT2D eigenvalue weighted by molar-refractivity contribution is 9.10. The van der Waals surface area contributed by atoms with E-state index in [0.29, 0.717) is 12.4 Å². The van der Waals surface area contributed by atoms with Crippen molar-refractivity contribution in [3.05, 3.63) is 46.3 Å². The molecule has 0 saturated heterocycles. The summed E-state index contributed by atoms with van der Waals surface area (Å²) in [5.41, 5.74) is 0.907. The normalized spacial score (nSPS) is 12.0. The Morgan fingerprint density at radius 2 is 2.05 bits per heavy atom. The lowest BCUT2D eigenvalue weighted by molar-refractivity contribution is 0.463. The third kappa shape index (κ3) is 3.05. The molecule has 1 aromatic heterocycles. The van der Waals surface area contributed by atoms with Gasteiger partial charge in [0, 0.05) is 18.1 Å². The summed E-state index contributed by atoms with van der Waals surface area (Å²) in [5, 5.41) is 0.111. The van der Waals surface area contributed by atoms with Gasteiger partial charge in [-0.15, -0.1) is 0 Å². The van der Waals surface area contributed by atoms with Crippen LogP contribution in [0.1, 0.15) is 11.4 Å². The fourth-order valence-electron chi connectivity index (χ4n) is 1.65. The Kier molecular flexibility index (Phi) is 4.07. The number of hydrogen-bond donors (Lipinski definition) is 1. The van der Waals surface area contributed by atoms with E-state index in [1.54, 1.807) is 14.0 Å². The molecule has 2 aromatic rings. The van der Waals surface area contributed by atoms with Crippen molar-refractivity contribution in [1.29, 1.82) is 0 Å². The zero-order valence-corrected chi connectivity index (χ0v) is 13.0. The highest BCUT2D eigenvalue weighted by atomic mass is 79.9. The Morgan fingerprint density at radius 1 is 1.37 bits per heavy atom. The van der Waals surface area contributed by atoms with E-state index < -0.39 is 10.0 Å². The maximum atomic E-state index is 12.3. The summed E-state index contributed by atoms with van der Waals surface area (Å²) in [7, 11) is -1.99. The third-order valence-corrected chi connectivity index (χ3v) is 5.21. The SMILES string of the molecule is Cc1ncc(S(=O)(=O)N(C)Cc2ccccc2Br)[nH]1. The largest absolute Gasteiger partial charge is 0.332 e. The molecule has 0 radical (unpaired) electrons. The molecule has 0 atom stereocenters. The van der Waals surface area contributed by atoms with Crippen molar-refractivity contribution >= 4 is 26.0 Å². The van der Waals surface area contributed by atoms with Crippen LogP contribution < -0.4 is 0 Å². The molecule has 7 heteroatoms. The highest BCUT2D eigenvalue weighted by Crippen LogP contribution is 2.20. The zero-order chi connectivity index (χ0) is 14.0. The molecule has 0 fully saturated rings. The number of nitrogens with one attached hydrogen (secondary N) is 1. The summed E-state index contributed by atoms with van der Waals surface area (Å²) in [6.45, 7) is 2.01. The van der Waals surface area contributed by atoms with E-state index in [2.05, 4.69) is 25.9 Å². The molecule has 0 amide bonds. The number of H-pyrrole nitrogens is 1.